The lowest BCUT2D eigenvalue weighted by molar-refractivity contribution is 0.584. The minimum Gasteiger partial charge on any atom is -0.416 e. The third kappa shape index (κ3) is 2.13. The van der Waals surface area contributed by atoms with E-state index in [2.05, 4.69) is 10.2 Å². The highest BCUT2D eigenvalue weighted by molar-refractivity contribution is 6.30. The number of hydrogen-bond acceptors (Lipinski definition) is 3. The topological polar surface area (TPSA) is 38.9 Å². The van der Waals surface area contributed by atoms with Crippen LogP contribution in [0.3, 0.4) is 0 Å². The fourth-order valence-electron chi connectivity index (χ4n) is 1.63. The molecule has 0 radical (unpaired) electrons. The van der Waals surface area contributed by atoms with E-state index in [1.165, 1.54) is 0 Å². The Morgan fingerprint density at radius 2 is 1.28 bits per heavy atom. The number of halogens is 1. The lowest BCUT2D eigenvalue weighted by atomic mass is 10.2. The van der Waals surface area contributed by atoms with Gasteiger partial charge in [0.15, 0.2) is 0 Å². The van der Waals surface area contributed by atoms with Gasteiger partial charge in [0.1, 0.15) is 0 Å². The van der Waals surface area contributed by atoms with Crippen molar-refractivity contribution in [1.82, 2.24) is 10.2 Å². The molecule has 0 N–H and O–H groups in total. The summed E-state index contributed by atoms with van der Waals surface area (Å²) >= 11 is 5.83. The molecule has 0 saturated heterocycles. The third-order valence-corrected chi connectivity index (χ3v) is 2.79. The van der Waals surface area contributed by atoms with Crippen molar-refractivity contribution in [3.63, 3.8) is 0 Å². The zero-order valence-corrected chi connectivity index (χ0v) is 10.1. The summed E-state index contributed by atoms with van der Waals surface area (Å²) in [6, 6.07) is 17.0. The Kier molecular flexibility index (Phi) is 2.82. The summed E-state index contributed by atoms with van der Waals surface area (Å²) in [4.78, 5) is 0. The van der Waals surface area contributed by atoms with Crippen molar-refractivity contribution < 1.29 is 4.42 Å². The zero-order chi connectivity index (χ0) is 12.4. The molecule has 18 heavy (non-hydrogen) atoms. The predicted molar refractivity (Wildman–Crippen MR) is 70.2 cm³/mol. The smallest absolute Gasteiger partial charge is 0.248 e. The third-order valence-electron chi connectivity index (χ3n) is 2.54. The maximum Gasteiger partial charge on any atom is 0.248 e. The Morgan fingerprint density at radius 1 is 0.722 bits per heavy atom. The highest BCUT2D eigenvalue weighted by Gasteiger charge is 2.09. The van der Waals surface area contributed by atoms with Gasteiger partial charge in [0, 0.05) is 16.1 Å². The molecule has 88 valence electrons. The van der Waals surface area contributed by atoms with Gasteiger partial charge in [0.2, 0.25) is 11.8 Å². The molecule has 3 aromatic rings. The highest BCUT2D eigenvalue weighted by atomic mass is 35.5. The molecule has 3 rings (SSSR count). The molecule has 0 fully saturated rings. The van der Waals surface area contributed by atoms with E-state index in [4.69, 9.17) is 16.0 Å². The monoisotopic (exact) mass is 256 g/mol. The van der Waals surface area contributed by atoms with Gasteiger partial charge in [-0.15, -0.1) is 10.2 Å². The molecule has 0 bridgehead atoms. The molecule has 3 nitrogen and oxygen atoms in total. The van der Waals surface area contributed by atoms with E-state index < -0.39 is 0 Å². The molecule has 4 heteroatoms. The second-order valence-electron chi connectivity index (χ2n) is 3.79. The van der Waals surface area contributed by atoms with Crippen molar-refractivity contribution in [1.29, 1.82) is 0 Å². The number of hydrogen-bond donors (Lipinski definition) is 0. The van der Waals surface area contributed by atoms with Crippen LogP contribution in [0.1, 0.15) is 0 Å². The van der Waals surface area contributed by atoms with E-state index in [0.29, 0.717) is 16.8 Å². The van der Waals surface area contributed by atoms with E-state index in [-0.39, 0.29) is 0 Å². The fraction of sp³-hybridized carbons (Fsp3) is 0. The number of rotatable bonds is 2. The summed E-state index contributed by atoms with van der Waals surface area (Å²) in [5, 5.41) is 8.75. The molecule has 0 aliphatic heterocycles. The van der Waals surface area contributed by atoms with Crippen LogP contribution in [0.2, 0.25) is 5.02 Å². The molecule has 1 aromatic heterocycles. The van der Waals surface area contributed by atoms with E-state index >= 15 is 0 Å². The lowest BCUT2D eigenvalue weighted by Gasteiger charge is -1.95. The summed E-state index contributed by atoms with van der Waals surface area (Å²) in [5.41, 5.74) is 1.76. The van der Waals surface area contributed by atoms with Crippen molar-refractivity contribution in [2.24, 2.45) is 0 Å². The fourth-order valence-corrected chi connectivity index (χ4v) is 1.76. The van der Waals surface area contributed by atoms with Crippen molar-refractivity contribution in [3.05, 3.63) is 59.6 Å². The summed E-state index contributed by atoms with van der Waals surface area (Å²) in [6.07, 6.45) is 0. The van der Waals surface area contributed by atoms with Gasteiger partial charge in [-0.05, 0) is 36.4 Å². The molecule has 0 aliphatic carbocycles. The average Bonchev–Trinajstić information content (AvgIpc) is 2.90. The summed E-state index contributed by atoms with van der Waals surface area (Å²) in [7, 11) is 0. The number of benzene rings is 2. The molecule has 0 aliphatic rings. The van der Waals surface area contributed by atoms with Crippen LogP contribution in [0.4, 0.5) is 0 Å². The van der Waals surface area contributed by atoms with E-state index in [1.807, 2.05) is 42.5 Å². The molecular weight excluding hydrogens is 248 g/mol. The SMILES string of the molecule is Clc1ccc(-c2nnc(-c3ccccc3)o2)cc1. The van der Waals surface area contributed by atoms with Crippen LogP contribution in [0, 0.1) is 0 Å². The predicted octanol–water partition coefficient (Wildman–Crippen LogP) is 4.06. The van der Waals surface area contributed by atoms with Gasteiger partial charge in [-0.25, -0.2) is 0 Å². The minimum atomic E-state index is 0.491. The van der Waals surface area contributed by atoms with Crippen molar-refractivity contribution in [2.75, 3.05) is 0 Å². The molecular formula is C14H9ClN2O. The minimum absolute atomic E-state index is 0.491. The van der Waals surface area contributed by atoms with Gasteiger partial charge in [-0.1, -0.05) is 29.8 Å². The Balaban J connectivity index is 1.97. The van der Waals surface area contributed by atoms with Crippen LogP contribution in [-0.2, 0) is 0 Å². The molecule has 2 aromatic carbocycles. The first kappa shape index (κ1) is 11.0. The second kappa shape index (κ2) is 4.63. The van der Waals surface area contributed by atoms with Crippen molar-refractivity contribution >= 4 is 11.6 Å². The lowest BCUT2D eigenvalue weighted by Crippen LogP contribution is -1.76. The first-order chi connectivity index (χ1) is 8.83. The van der Waals surface area contributed by atoms with Crippen LogP contribution in [0.5, 0.6) is 0 Å². The van der Waals surface area contributed by atoms with Gasteiger partial charge >= 0.3 is 0 Å². The van der Waals surface area contributed by atoms with E-state index in [1.54, 1.807) is 12.1 Å². The first-order valence-corrected chi connectivity index (χ1v) is 5.85. The quantitative estimate of drug-likeness (QED) is 0.694. The standard InChI is InChI=1S/C14H9ClN2O/c15-12-8-6-11(7-9-12)14-17-16-13(18-14)10-4-2-1-3-5-10/h1-9H. The first-order valence-electron chi connectivity index (χ1n) is 5.48. The van der Waals surface area contributed by atoms with E-state index in [0.717, 1.165) is 11.1 Å². The Morgan fingerprint density at radius 3 is 1.89 bits per heavy atom. The summed E-state index contributed by atoms with van der Waals surface area (Å²) in [5.74, 6) is 1.01. The molecule has 0 spiro atoms. The number of nitrogens with zero attached hydrogens (tertiary/aromatic N) is 2. The van der Waals surface area contributed by atoms with Gasteiger partial charge in [-0.3, -0.25) is 0 Å². The highest BCUT2D eigenvalue weighted by Crippen LogP contribution is 2.24. The van der Waals surface area contributed by atoms with Crippen LogP contribution in [0.25, 0.3) is 22.9 Å². The molecule has 0 amide bonds. The van der Waals surface area contributed by atoms with Gasteiger partial charge < -0.3 is 4.42 Å². The second-order valence-corrected chi connectivity index (χ2v) is 4.22. The largest absolute Gasteiger partial charge is 0.416 e. The zero-order valence-electron chi connectivity index (χ0n) is 9.38. The van der Waals surface area contributed by atoms with Crippen LogP contribution < -0.4 is 0 Å². The molecule has 0 atom stereocenters. The molecule has 1 heterocycles. The normalized spacial score (nSPS) is 10.5. The van der Waals surface area contributed by atoms with Crippen LogP contribution in [-0.4, -0.2) is 10.2 Å². The van der Waals surface area contributed by atoms with Gasteiger partial charge in [-0.2, -0.15) is 0 Å². The van der Waals surface area contributed by atoms with Crippen LogP contribution >= 0.6 is 11.6 Å². The molecule has 0 saturated carbocycles. The van der Waals surface area contributed by atoms with E-state index in [9.17, 15) is 0 Å². The van der Waals surface area contributed by atoms with Crippen LogP contribution in [0.15, 0.2) is 59.0 Å². The Bertz CT molecular complexity index is 647. The van der Waals surface area contributed by atoms with Crippen molar-refractivity contribution in [3.8, 4) is 22.9 Å². The summed E-state index contributed by atoms with van der Waals surface area (Å²) in [6.45, 7) is 0. The Hall–Kier alpha value is -2.13. The maximum atomic E-state index is 5.83. The maximum absolute atomic E-state index is 5.83. The summed E-state index contributed by atoms with van der Waals surface area (Å²) < 4.78 is 5.63. The van der Waals surface area contributed by atoms with Crippen molar-refractivity contribution in [2.45, 2.75) is 0 Å². The Labute approximate surface area is 109 Å². The average molecular weight is 257 g/mol. The van der Waals surface area contributed by atoms with Gasteiger partial charge in [0.25, 0.3) is 0 Å². The molecule has 0 unspecified atom stereocenters. The van der Waals surface area contributed by atoms with Gasteiger partial charge in [0.05, 0.1) is 0 Å². The number of aromatic nitrogens is 2.